The number of rotatable bonds is 5. The highest BCUT2D eigenvalue weighted by atomic mass is 16.2. The van der Waals surface area contributed by atoms with Crippen LogP contribution in [0.5, 0.6) is 0 Å². The number of carbonyl (C=O) groups is 2. The molecule has 0 aliphatic carbocycles. The molecule has 3 aromatic rings. The van der Waals surface area contributed by atoms with Crippen molar-refractivity contribution in [1.82, 2.24) is 9.97 Å². The van der Waals surface area contributed by atoms with Crippen molar-refractivity contribution in [3.63, 3.8) is 0 Å². The third-order valence-corrected chi connectivity index (χ3v) is 3.48. The summed E-state index contributed by atoms with van der Waals surface area (Å²) >= 11 is 0. The third kappa shape index (κ3) is 4.26. The molecule has 6 heteroatoms. The van der Waals surface area contributed by atoms with E-state index in [0.29, 0.717) is 17.1 Å². The summed E-state index contributed by atoms with van der Waals surface area (Å²) in [6, 6.07) is 16.2. The van der Waals surface area contributed by atoms with Crippen LogP contribution in [-0.2, 0) is 0 Å². The Bertz CT molecular complexity index is 876. The maximum absolute atomic E-state index is 12.2. The average molecular weight is 332 g/mol. The smallest absolute Gasteiger partial charge is 0.275 e. The van der Waals surface area contributed by atoms with Crippen LogP contribution in [0.15, 0.2) is 67.0 Å². The van der Waals surface area contributed by atoms with Gasteiger partial charge in [-0.1, -0.05) is 18.2 Å². The Morgan fingerprint density at radius 3 is 2.16 bits per heavy atom. The van der Waals surface area contributed by atoms with Gasteiger partial charge in [0.2, 0.25) is 0 Å². The van der Waals surface area contributed by atoms with Crippen molar-refractivity contribution in [2.45, 2.75) is 6.92 Å². The second-order valence-electron chi connectivity index (χ2n) is 5.37. The van der Waals surface area contributed by atoms with Gasteiger partial charge in [0.05, 0.1) is 12.4 Å². The molecule has 3 rings (SSSR count). The second-order valence-corrected chi connectivity index (χ2v) is 5.37. The first-order valence-corrected chi connectivity index (χ1v) is 7.68. The van der Waals surface area contributed by atoms with Gasteiger partial charge >= 0.3 is 0 Å². The second kappa shape index (κ2) is 7.35. The fourth-order valence-electron chi connectivity index (χ4n) is 2.16. The van der Waals surface area contributed by atoms with Gasteiger partial charge in [-0.05, 0) is 43.3 Å². The van der Waals surface area contributed by atoms with Crippen molar-refractivity contribution >= 4 is 28.9 Å². The summed E-state index contributed by atoms with van der Waals surface area (Å²) < 4.78 is 0. The number of ketones is 1. The SMILES string of the molecule is CC(=O)c1ccc(NC(=O)c2cnc(Nc3ccccc3)cn2)cc1. The van der Waals surface area contributed by atoms with Crippen LogP contribution >= 0.6 is 0 Å². The van der Waals surface area contributed by atoms with Crippen molar-refractivity contribution in [3.05, 3.63) is 78.2 Å². The molecule has 1 aromatic heterocycles. The molecule has 0 saturated carbocycles. The van der Waals surface area contributed by atoms with Gasteiger partial charge in [-0.3, -0.25) is 9.59 Å². The maximum Gasteiger partial charge on any atom is 0.275 e. The lowest BCUT2D eigenvalue weighted by atomic mass is 10.1. The van der Waals surface area contributed by atoms with Crippen LogP contribution in [0.3, 0.4) is 0 Å². The van der Waals surface area contributed by atoms with Crippen molar-refractivity contribution in [3.8, 4) is 0 Å². The van der Waals surface area contributed by atoms with Gasteiger partial charge in [0.1, 0.15) is 11.5 Å². The maximum atomic E-state index is 12.2. The molecule has 0 aliphatic rings. The number of hydrogen-bond donors (Lipinski definition) is 2. The molecule has 0 aliphatic heterocycles. The third-order valence-electron chi connectivity index (χ3n) is 3.48. The van der Waals surface area contributed by atoms with E-state index >= 15 is 0 Å². The topological polar surface area (TPSA) is 84.0 Å². The summed E-state index contributed by atoms with van der Waals surface area (Å²) in [5.41, 5.74) is 2.27. The summed E-state index contributed by atoms with van der Waals surface area (Å²) in [6.07, 6.45) is 2.91. The van der Waals surface area contributed by atoms with Gasteiger partial charge < -0.3 is 10.6 Å². The molecule has 0 atom stereocenters. The van der Waals surface area contributed by atoms with Crippen LogP contribution in [-0.4, -0.2) is 21.7 Å². The molecule has 2 N–H and O–H groups in total. The van der Waals surface area contributed by atoms with E-state index in [0.717, 1.165) is 5.69 Å². The molecule has 0 fully saturated rings. The normalized spacial score (nSPS) is 10.1. The Morgan fingerprint density at radius 1 is 0.840 bits per heavy atom. The van der Waals surface area contributed by atoms with E-state index in [1.807, 2.05) is 30.3 Å². The quantitative estimate of drug-likeness (QED) is 0.696. The number of amides is 1. The number of benzene rings is 2. The Labute approximate surface area is 145 Å². The van der Waals surface area contributed by atoms with Gasteiger partial charge in [-0.2, -0.15) is 0 Å². The average Bonchev–Trinajstić information content (AvgIpc) is 2.63. The molecule has 0 spiro atoms. The summed E-state index contributed by atoms with van der Waals surface area (Å²) in [5.74, 6) is 0.160. The van der Waals surface area contributed by atoms with Crippen LogP contribution in [0.4, 0.5) is 17.2 Å². The van der Waals surface area contributed by atoms with Crippen molar-refractivity contribution in [2.75, 3.05) is 10.6 Å². The van der Waals surface area contributed by atoms with E-state index in [1.54, 1.807) is 24.3 Å². The predicted octanol–water partition coefficient (Wildman–Crippen LogP) is 3.68. The molecule has 0 unspecified atom stereocenters. The number of Topliss-reactive ketones (excluding diaryl/α,β-unsaturated/α-hetero) is 1. The van der Waals surface area contributed by atoms with E-state index in [2.05, 4.69) is 20.6 Å². The van der Waals surface area contributed by atoms with E-state index in [1.165, 1.54) is 19.3 Å². The van der Waals surface area contributed by atoms with Crippen LogP contribution < -0.4 is 10.6 Å². The highest BCUT2D eigenvalue weighted by Crippen LogP contribution is 2.14. The molecule has 0 saturated heterocycles. The van der Waals surface area contributed by atoms with Gasteiger partial charge in [0.15, 0.2) is 5.78 Å². The summed E-state index contributed by atoms with van der Waals surface area (Å²) in [6.45, 7) is 1.49. The molecular formula is C19H16N4O2. The zero-order chi connectivity index (χ0) is 17.6. The molecule has 1 amide bonds. The first kappa shape index (κ1) is 16.3. The van der Waals surface area contributed by atoms with Gasteiger partial charge in [0.25, 0.3) is 5.91 Å². The monoisotopic (exact) mass is 332 g/mol. The zero-order valence-corrected chi connectivity index (χ0v) is 13.6. The lowest BCUT2D eigenvalue weighted by molar-refractivity contribution is 0.101. The molecule has 0 bridgehead atoms. The summed E-state index contributed by atoms with van der Waals surface area (Å²) in [4.78, 5) is 31.8. The van der Waals surface area contributed by atoms with E-state index in [4.69, 9.17) is 0 Å². The molecule has 0 radical (unpaired) electrons. The minimum Gasteiger partial charge on any atom is -0.339 e. The number of hydrogen-bond acceptors (Lipinski definition) is 5. The first-order chi connectivity index (χ1) is 12.1. The van der Waals surface area contributed by atoms with E-state index < -0.39 is 0 Å². The number of para-hydroxylation sites is 1. The molecule has 124 valence electrons. The minimum absolute atomic E-state index is 0.0229. The standard InChI is InChI=1S/C19H16N4O2/c1-13(24)14-7-9-16(10-8-14)23-19(25)17-11-21-18(12-20-17)22-15-5-3-2-4-6-15/h2-12H,1H3,(H,21,22)(H,23,25). The number of carbonyl (C=O) groups excluding carboxylic acids is 2. The number of aromatic nitrogens is 2. The minimum atomic E-state index is -0.366. The van der Waals surface area contributed by atoms with Crippen molar-refractivity contribution < 1.29 is 9.59 Å². The lowest BCUT2D eigenvalue weighted by Crippen LogP contribution is -2.14. The van der Waals surface area contributed by atoms with Gasteiger partial charge in [0, 0.05) is 16.9 Å². The lowest BCUT2D eigenvalue weighted by Gasteiger charge is -2.07. The highest BCUT2D eigenvalue weighted by molar-refractivity contribution is 6.03. The summed E-state index contributed by atoms with van der Waals surface area (Å²) in [5, 5.41) is 5.82. The fraction of sp³-hybridized carbons (Fsp3) is 0.0526. The largest absolute Gasteiger partial charge is 0.339 e. The molecule has 1 heterocycles. The Kier molecular flexibility index (Phi) is 4.80. The first-order valence-electron chi connectivity index (χ1n) is 7.68. The van der Waals surface area contributed by atoms with Gasteiger partial charge in [-0.25, -0.2) is 9.97 Å². The highest BCUT2D eigenvalue weighted by Gasteiger charge is 2.09. The number of nitrogens with zero attached hydrogens (tertiary/aromatic N) is 2. The molecule has 25 heavy (non-hydrogen) atoms. The number of anilines is 3. The van der Waals surface area contributed by atoms with Gasteiger partial charge in [-0.15, -0.1) is 0 Å². The zero-order valence-electron chi connectivity index (χ0n) is 13.6. The summed E-state index contributed by atoms with van der Waals surface area (Å²) in [7, 11) is 0. The van der Waals surface area contributed by atoms with Crippen molar-refractivity contribution in [1.29, 1.82) is 0 Å². The molecule has 2 aromatic carbocycles. The number of nitrogens with one attached hydrogen (secondary N) is 2. The molecule has 6 nitrogen and oxygen atoms in total. The van der Waals surface area contributed by atoms with Crippen LogP contribution in [0.1, 0.15) is 27.8 Å². The molecular weight excluding hydrogens is 316 g/mol. The van der Waals surface area contributed by atoms with Crippen LogP contribution in [0.2, 0.25) is 0 Å². The Hall–Kier alpha value is -3.54. The fourth-order valence-corrected chi connectivity index (χ4v) is 2.16. The van der Waals surface area contributed by atoms with Crippen LogP contribution in [0.25, 0.3) is 0 Å². The van der Waals surface area contributed by atoms with E-state index in [-0.39, 0.29) is 17.4 Å². The van der Waals surface area contributed by atoms with E-state index in [9.17, 15) is 9.59 Å². The predicted molar refractivity (Wildman–Crippen MR) is 96.2 cm³/mol. The van der Waals surface area contributed by atoms with Crippen LogP contribution in [0, 0.1) is 0 Å². The Morgan fingerprint density at radius 2 is 1.56 bits per heavy atom. The van der Waals surface area contributed by atoms with Crippen molar-refractivity contribution in [2.24, 2.45) is 0 Å². The Balaban J connectivity index is 1.65.